The molecule has 146 valence electrons. The zero-order chi connectivity index (χ0) is 20.6. The maximum absolute atomic E-state index is 12.2. The van der Waals surface area contributed by atoms with Gasteiger partial charge < -0.3 is 15.4 Å². The van der Waals surface area contributed by atoms with Crippen LogP contribution in [-0.4, -0.2) is 11.8 Å². The quantitative estimate of drug-likeness (QED) is 0.513. The highest BCUT2D eigenvalue weighted by atomic mass is 35.5. The first-order valence-electron chi connectivity index (χ1n) is 8.89. The third kappa shape index (κ3) is 6.23. The molecule has 0 aromatic heterocycles. The largest absolute Gasteiger partial charge is 0.457 e. The maximum Gasteiger partial charge on any atom is 0.248 e. The van der Waals surface area contributed by atoms with E-state index in [0.29, 0.717) is 22.1 Å². The molecule has 0 saturated carbocycles. The molecule has 2 amide bonds. The van der Waals surface area contributed by atoms with Crippen molar-refractivity contribution in [2.45, 2.75) is 6.92 Å². The van der Waals surface area contributed by atoms with Crippen LogP contribution in [0.15, 0.2) is 78.9 Å². The Morgan fingerprint density at radius 3 is 2.38 bits per heavy atom. The molecule has 0 aliphatic heterocycles. The van der Waals surface area contributed by atoms with Crippen molar-refractivity contribution < 1.29 is 14.3 Å². The van der Waals surface area contributed by atoms with Crippen LogP contribution in [0, 0.1) is 0 Å². The smallest absolute Gasteiger partial charge is 0.248 e. The Kier molecular flexibility index (Phi) is 6.66. The molecule has 0 atom stereocenters. The molecule has 0 unspecified atom stereocenters. The molecule has 0 radical (unpaired) electrons. The zero-order valence-corrected chi connectivity index (χ0v) is 16.4. The van der Waals surface area contributed by atoms with Crippen molar-refractivity contribution in [2.24, 2.45) is 0 Å². The summed E-state index contributed by atoms with van der Waals surface area (Å²) in [6.07, 6.45) is 3.12. The molecule has 3 rings (SSSR count). The van der Waals surface area contributed by atoms with Gasteiger partial charge in [0.15, 0.2) is 0 Å². The van der Waals surface area contributed by atoms with E-state index in [9.17, 15) is 9.59 Å². The van der Waals surface area contributed by atoms with Crippen molar-refractivity contribution in [1.82, 2.24) is 0 Å². The third-order valence-corrected chi connectivity index (χ3v) is 4.12. The number of ether oxygens (including phenoxy) is 1. The summed E-state index contributed by atoms with van der Waals surface area (Å²) in [5.74, 6) is 0.901. The molecule has 0 bridgehead atoms. The molecule has 0 aliphatic carbocycles. The fraction of sp³-hybridized carbons (Fsp3) is 0.0435. The molecule has 0 fully saturated rings. The molecule has 3 aromatic rings. The van der Waals surface area contributed by atoms with E-state index in [2.05, 4.69) is 10.6 Å². The summed E-state index contributed by atoms with van der Waals surface area (Å²) >= 11 is 6.12. The van der Waals surface area contributed by atoms with E-state index in [1.807, 2.05) is 54.6 Å². The first kappa shape index (κ1) is 20.2. The lowest BCUT2D eigenvalue weighted by Crippen LogP contribution is -2.09. The van der Waals surface area contributed by atoms with Crippen molar-refractivity contribution in [3.63, 3.8) is 0 Å². The number of hydrogen-bond donors (Lipinski definition) is 2. The molecule has 29 heavy (non-hydrogen) atoms. The Morgan fingerprint density at radius 1 is 0.897 bits per heavy atom. The van der Waals surface area contributed by atoms with E-state index >= 15 is 0 Å². The number of nitrogens with one attached hydrogen (secondary N) is 2. The number of hydrogen-bond acceptors (Lipinski definition) is 3. The molecule has 5 nitrogen and oxygen atoms in total. The summed E-state index contributed by atoms with van der Waals surface area (Å²) in [5, 5.41) is 5.69. The molecule has 0 aliphatic rings. The minimum absolute atomic E-state index is 0.218. The lowest BCUT2D eigenvalue weighted by molar-refractivity contribution is -0.114. The monoisotopic (exact) mass is 406 g/mol. The fourth-order valence-corrected chi connectivity index (χ4v) is 2.77. The molecular formula is C23H19ClN2O3. The third-order valence-electron chi connectivity index (χ3n) is 3.81. The average molecular weight is 407 g/mol. The van der Waals surface area contributed by atoms with Crippen LogP contribution in [0.3, 0.4) is 0 Å². The number of rotatable bonds is 6. The minimum atomic E-state index is -0.303. The Labute approximate surface area is 174 Å². The lowest BCUT2D eigenvalue weighted by Gasteiger charge is -2.08. The van der Waals surface area contributed by atoms with Crippen LogP contribution in [0.2, 0.25) is 5.02 Å². The fourth-order valence-electron chi connectivity index (χ4n) is 2.55. The average Bonchev–Trinajstić information content (AvgIpc) is 2.69. The second-order valence-electron chi connectivity index (χ2n) is 6.19. The number of anilines is 2. The van der Waals surface area contributed by atoms with Crippen molar-refractivity contribution >= 4 is 40.9 Å². The first-order valence-corrected chi connectivity index (χ1v) is 9.26. The van der Waals surface area contributed by atoms with Gasteiger partial charge in [-0.2, -0.15) is 0 Å². The predicted octanol–water partition coefficient (Wildman–Crippen LogP) is 5.74. The highest BCUT2D eigenvalue weighted by molar-refractivity contribution is 6.34. The van der Waals surface area contributed by atoms with Gasteiger partial charge in [0.25, 0.3) is 0 Å². The standard InChI is InChI=1S/C23H19ClN2O3/c1-16(27)25-22-12-11-18(15-21(22)24)26-23(28)13-10-17-6-5-9-20(14-17)29-19-7-3-2-4-8-19/h2-15H,1H3,(H,25,27)(H,26,28)/b13-10+. The molecule has 0 spiro atoms. The van der Waals surface area contributed by atoms with Crippen molar-refractivity contribution in [1.29, 1.82) is 0 Å². The summed E-state index contributed by atoms with van der Waals surface area (Å²) in [5.41, 5.74) is 1.84. The number of benzene rings is 3. The minimum Gasteiger partial charge on any atom is -0.457 e. The van der Waals surface area contributed by atoms with Crippen LogP contribution < -0.4 is 15.4 Å². The number of amides is 2. The summed E-state index contributed by atoms with van der Waals surface area (Å²) < 4.78 is 5.79. The topological polar surface area (TPSA) is 67.4 Å². The van der Waals surface area contributed by atoms with Gasteiger partial charge in [-0.3, -0.25) is 9.59 Å². The molecule has 0 saturated heterocycles. The first-order chi connectivity index (χ1) is 14.0. The van der Waals surface area contributed by atoms with Crippen LogP contribution in [0.1, 0.15) is 12.5 Å². The molecule has 6 heteroatoms. The normalized spacial score (nSPS) is 10.6. The van der Waals surface area contributed by atoms with Crippen molar-refractivity contribution in [3.8, 4) is 11.5 Å². The van der Waals surface area contributed by atoms with E-state index in [1.165, 1.54) is 13.0 Å². The van der Waals surface area contributed by atoms with E-state index in [-0.39, 0.29) is 11.8 Å². The number of carbonyl (C=O) groups is 2. The van der Waals surface area contributed by atoms with Gasteiger partial charge in [0.1, 0.15) is 11.5 Å². The lowest BCUT2D eigenvalue weighted by atomic mass is 10.2. The van der Waals surface area contributed by atoms with Gasteiger partial charge >= 0.3 is 0 Å². The van der Waals surface area contributed by atoms with Gasteiger partial charge in [0.2, 0.25) is 11.8 Å². The van der Waals surface area contributed by atoms with Crippen LogP contribution >= 0.6 is 11.6 Å². The van der Waals surface area contributed by atoms with Gasteiger partial charge in [-0.05, 0) is 54.1 Å². The van der Waals surface area contributed by atoms with Gasteiger partial charge in [0.05, 0.1) is 10.7 Å². The Balaban J connectivity index is 1.62. The maximum atomic E-state index is 12.2. The van der Waals surface area contributed by atoms with E-state index < -0.39 is 0 Å². The SMILES string of the molecule is CC(=O)Nc1ccc(NC(=O)/C=C/c2cccc(Oc3ccccc3)c2)cc1Cl. The predicted molar refractivity (Wildman–Crippen MR) is 116 cm³/mol. The van der Waals surface area contributed by atoms with E-state index in [1.54, 1.807) is 24.3 Å². The molecule has 2 N–H and O–H groups in total. The molecule has 0 heterocycles. The Hall–Kier alpha value is -3.57. The number of para-hydroxylation sites is 1. The van der Waals surface area contributed by atoms with Crippen molar-refractivity contribution in [2.75, 3.05) is 10.6 Å². The van der Waals surface area contributed by atoms with Crippen LogP contribution in [-0.2, 0) is 9.59 Å². The summed E-state index contributed by atoms with van der Waals surface area (Å²) in [7, 11) is 0. The number of halogens is 1. The van der Waals surface area contributed by atoms with E-state index in [4.69, 9.17) is 16.3 Å². The van der Waals surface area contributed by atoms with Gasteiger partial charge in [0, 0.05) is 18.7 Å². The molecule has 3 aromatic carbocycles. The zero-order valence-electron chi connectivity index (χ0n) is 15.7. The second-order valence-corrected chi connectivity index (χ2v) is 6.59. The highest BCUT2D eigenvalue weighted by Gasteiger charge is 2.05. The van der Waals surface area contributed by atoms with Gasteiger partial charge in [-0.15, -0.1) is 0 Å². The highest BCUT2D eigenvalue weighted by Crippen LogP contribution is 2.26. The molecular weight excluding hydrogens is 388 g/mol. The Bertz CT molecular complexity index is 1050. The number of carbonyl (C=O) groups excluding carboxylic acids is 2. The van der Waals surface area contributed by atoms with E-state index in [0.717, 1.165) is 11.3 Å². The summed E-state index contributed by atoms with van der Waals surface area (Å²) in [4.78, 5) is 23.3. The summed E-state index contributed by atoms with van der Waals surface area (Å²) in [6.45, 7) is 1.40. The van der Waals surface area contributed by atoms with Gasteiger partial charge in [-0.25, -0.2) is 0 Å². The van der Waals surface area contributed by atoms with Crippen LogP contribution in [0.5, 0.6) is 11.5 Å². The second kappa shape index (κ2) is 9.57. The van der Waals surface area contributed by atoms with Gasteiger partial charge in [-0.1, -0.05) is 41.9 Å². The van der Waals surface area contributed by atoms with Crippen LogP contribution in [0.4, 0.5) is 11.4 Å². The van der Waals surface area contributed by atoms with Crippen molar-refractivity contribution in [3.05, 3.63) is 89.5 Å². The summed E-state index contributed by atoms with van der Waals surface area (Å²) in [6, 6.07) is 21.8. The Morgan fingerprint density at radius 2 is 1.66 bits per heavy atom. The van der Waals surface area contributed by atoms with Crippen LogP contribution in [0.25, 0.3) is 6.08 Å².